The molecule has 2 aliphatic heterocycles. The first-order chi connectivity index (χ1) is 16.0. The number of H-pyrrole nitrogens is 1. The third kappa shape index (κ3) is 3.86. The van der Waals surface area contributed by atoms with E-state index >= 15 is 0 Å². The Balaban J connectivity index is 1.37. The highest BCUT2D eigenvalue weighted by atomic mass is 16.5. The summed E-state index contributed by atoms with van der Waals surface area (Å²) in [6, 6.07) is 16.9. The van der Waals surface area contributed by atoms with Crippen LogP contribution in [-0.4, -0.2) is 70.1 Å². The van der Waals surface area contributed by atoms with Gasteiger partial charge in [0.25, 0.3) is 5.91 Å². The highest BCUT2D eigenvalue weighted by molar-refractivity contribution is 5.94. The molecule has 2 saturated heterocycles. The smallest absolute Gasteiger partial charge is 0.253 e. The number of carbonyl (C=O) groups excluding carboxylic acids is 2. The molecule has 2 aliphatic rings. The van der Waals surface area contributed by atoms with Gasteiger partial charge in [-0.25, -0.2) is 4.98 Å². The Bertz CT molecular complexity index is 1160. The number of fused-ring (bicyclic) bond motifs is 1. The summed E-state index contributed by atoms with van der Waals surface area (Å²) in [6.07, 6.45) is 0.326. The minimum Gasteiger partial charge on any atom is -0.497 e. The average molecular weight is 446 g/mol. The number of hydrogen-bond acceptors (Lipinski definition) is 5. The van der Waals surface area contributed by atoms with Gasteiger partial charge in [0.2, 0.25) is 5.91 Å². The van der Waals surface area contributed by atoms with Crippen molar-refractivity contribution in [1.82, 2.24) is 25.0 Å². The van der Waals surface area contributed by atoms with Crippen LogP contribution in [0.1, 0.15) is 27.6 Å². The van der Waals surface area contributed by atoms with E-state index in [9.17, 15) is 9.59 Å². The van der Waals surface area contributed by atoms with Gasteiger partial charge in [0.15, 0.2) is 5.82 Å². The van der Waals surface area contributed by atoms with Crippen LogP contribution in [0.2, 0.25) is 0 Å². The van der Waals surface area contributed by atoms with Gasteiger partial charge in [-0.05, 0) is 36.8 Å². The van der Waals surface area contributed by atoms with Crippen LogP contribution < -0.4 is 4.74 Å². The Morgan fingerprint density at radius 2 is 1.76 bits per heavy atom. The van der Waals surface area contributed by atoms with E-state index in [4.69, 9.17) is 4.74 Å². The van der Waals surface area contributed by atoms with Crippen molar-refractivity contribution in [3.8, 4) is 5.75 Å². The summed E-state index contributed by atoms with van der Waals surface area (Å²) < 4.78 is 5.21. The summed E-state index contributed by atoms with van der Waals surface area (Å²) in [5.41, 5.74) is 1.15. The Labute approximate surface area is 192 Å². The van der Waals surface area contributed by atoms with Crippen molar-refractivity contribution >= 4 is 11.8 Å². The summed E-state index contributed by atoms with van der Waals surface area (Å²) >= 11 is 0. The fourth-order valence-electron chi connectivity index (χ4n) is 5.08. The maximum atomic E-state index is 13.2. The zero-order chi connectivity index (χ0) is 23.0. The van der Waals surface area contributed by atoms with E-state index in [1.54, 1.807) is 7.11 Å². The third-order valence-corrected chi connectivity index (χ3v) is 6.83. The summed E-state index contributed by atoms with van der Waals surface area (Å²) in [6.45, 7) is 4.03. The molecule has 0 saturated carbocycles. The van der Waals surface area contributed by atoms with Crippen molar-refractivity contribution in [2.45, 2.75) is 18.8 Å². The van der Waals surface area contributed by atoms with Crippen molar-refractivity contribution in [3.05, 3.63) is 77.4 Å². The molecule has 2 amide bonds. The average Bonchev–Trinajstić information content (AvgIpc) is 3.52. The van der Waals surface area contributed by atoms with Crippen LogP contribution in [0.3, 0.4) is 0 Å². The summed E-state index contributed by atoms with van der Waals surface area (Å²) in [4.78, 5) is 34.8. The summed E-state index contributed by atoms with van der Waals surface area (Å²) in [7, 11) is 1.62. The van der Waals surface area contributed by atoms with Gasteiger partial charge in [0.05, 0.1) is 18.9 Å². The van der Waals surface area contributed by atoms with Gasteiger partial charge in [-0.1, -0.05) is 30.3 Å². The zero-order valence-corrected chi connectivity index (χ0v) is 18.8. The number of methoxy groups -OCH3 is 1. The highest BCUT2D eigenvalue weighted by Gasteiger charge is 2.57. The van der Waals surface area contributed by atoms with Gasteiger partial charge in [0, 0.05) is 37.7 Å². The van der Waals surface area contributed by atoms with E-state index < -0.39 is 5.41 Å². The zero-order valence-electron chi connectivity index (χ0n) is 18.8. The van der Waals surface area contributed by atoms with Gasteiger partial charge in [0.1, 0.15) is 11.6 Å². The van der Waals surface area contributed by atoms with Crippen molar-refractivity contribution in [2.24, 2.45) is 5.92 Å². The number of nitrogens with zero attached hydrogens (tertiary/aromatic N) is 4. The second kappa shape index (κ2) is 8.35. The van der Waals surface area contributed by atoms with Crippen molar-refractivity contribution in [2.75, 3.05) is 33.3 Å². The van der Waals surface area contributed by atoms with Crippen molar-refractivity contribution in [1.29, 1.82) is 0 Å². The predicted molar refractivity (Wildman–Crippen MR) is 122 cm³/mol. The Morgan fingerprint density at radius 3 is 2.42 bits per heavy atom. The molecule has 2 atom stereocenters. The highest BCUT2D eigenvalue weighted by Crippen LogP contribution is 2.44. The number of aromatic nitrogens is 3. The number of carbonyl (C=O) groups is 2. The number of rotatable bonds is 5. The maximum absolute atomic E-state index is 13.2. The number of benzene rings is 2. The van der Waals surface area contributed by atoms with Crippen LogP contribution in [0.5, 0.6) is 5.75 Å². The van der Waals surface area contributed by atoms with Gasteiger partial charge < -0.3 is 14.5 Å². The lowest BCUT2D eigenvalue weighted by Gasteiger charge is -2.27. The fourth-order valence-corrected chi connectivity index (χ4v) is 5.08. The Kier molecular flexibility index (Phi) is 5.36. The molecule has 0 spiro atoms. The van der Waals surface area contributed by atoms with Gasteiger partial charge >= 0.3 is 0 Å². The molecular weight excluding hydrogens is 418 g/mol. The largest absolute Gasteiger partial charge is 0.497 e. The van der Waals surface area contributed by atoms with Crippen LogP contribution >= 0.6 is 0 Å². The second-order valence-corrected chi connectivity index (χ2v) is 8.95. The number of amides is 2. The quantitative estimate of drug-likeness (QED) is 0.650. The van der Waals surface area contributed by atoms with E-state index in [2.05, 4.69) is 15.2 Å². The molecule has 0 unspecified atom stereocenters. The normalized spacial score (nSPS) is 21.8. The first-order valence-electron chi connectivity index (χ1n) is 11.1. The monoisotopic (exact) mass is 445 g/mol. The van der Waals surface area contributed by atoms with Crippen LogP contribution in [0.4, 0.5) is 0 Å². The molecule has 2 aromatic carbocycles. The number of likely N-dealkylation sites (tertiary alicyclic amines) is 2. The molecule has 1 N–H and O–H groups in total. The van der Waals surface area contributed by atoms with E-state index in [1.807, 2.05) is 71.3 Å². The second-order valence-electron chi connectivity index (χ2n) is 8.95. The molecule has 1 aromatic heterocycles. The predicted octanol–water partition coefficient (Wildman–Crippen LogP) is 2.22. The molecule has 3 heterocycles. The number of ether oxygens (including phenoxy) is 1. The molecule has 2 fully saturated rings. The minimum atomic E-state index is -0.467. The van der Waals surface area contributed by atoms with Crippen LogP contribution in [0.15, 0.2) is 54.6 Å². The van der Waals surface area contributed by atoms with E-state index in [0.29, 0.717) is 44.0 Å². The first-order valence-corrected chi connectivity index (χ1v) is 11.1. The Hall–Kier alpha value is -3.68. The van der Waals surface area contributed by atoms with E-state index in [0.717, 1.165) is 17.1 Å². The summed E-state index contributed by atoms with van der Waals surface area (Å²) in [5.74, 6) is 2.35. The van der Waals surface area contributed by atoms with Gasteiger partial charge in [-0.15, -0.1) is 0 Å². The van der Waals surface area contributed by atoms with E-state index in [-0.39, 0.29) is 17.7 Å². The summed E-state index contributed by atoms with van der Waals surface area (Å²) in [5, 5.41) is 7.41. The standard InChI is InChI=1S/C25H27N5O3/c1-17-26-24(28-27-17)25-15-29(22(31)12-18-8-10-21(33-2)11-9-18)13-20(25)14-30(16-25)23(32)19-6-4-3-5-7-19/h3-11,20H,12-16H2,1-2H3,(H,26,27,28)/t20-,25-/m1/s1. The van der Waals surface area contributed by atoms with Crippen molar-refractivity contribution in [3.63, 3.8) is 0 Å². The fraction of sp³-hybridized carbons (Fsp3) is 0.360. The Morgan fingerprint density at radius 1 is 1.06 bits per heavy atom. The molecular formula is C25H27N5O3. The number of aryl methyl sites for hydroxylation is 1. The van der Waals surface area contributed by atoms with Crippen LogP contribution in [0, 0.1) is 12.8 Å². The van der Waals surface area contributed by atoms with Gasteiger partial charge in [-0.3, -0.25) is 14.7 Å². The SMILES string of the molecule is COc1ccc(CC(=O)N2C[C@@H]3CN(C(=O)c4ccccc4)C[C@]3(c3n[nH]c(C)n3)C2)cc1. The molecule has 0 aliphatic carbocycles. The molecule has 8 nitrogen and oxygen atoms in total. The first kappa shape index (κ1) is 21.2. The molecule has 5 rings (SSSR count). The molecule has 3 aromatic rings. The third-order valence-electron chi connectivity index (χ3n) is 6.83. The maximum Gasteiger partial charge on any atom is 0.253 e. The van der Waals surface area contributed by atoms with Crippen LogP contribution in [-0.2, 0) is 16.6 Å². The lowest BCUT2D eigenvalue weighted by molar-refractivity contribution is -0.129. The van der Waals surface area contributed by atoms with Gasteiger partial charge in [-0.2, -0.15) is 5.10 Å². The molecule has 33 heavy (non-hydrogen) atoms. The molecule has 170 valence electrons. The van der Waals surface area contributed by atoms with E-state index in [1.165, 1.54) is 0 Å². The number of aromatic amines is 1. The lowest BCUT2D eigenvalue weighted by Crippen LogP contribution is -2.42. The topological polar surface area (TPSA) is 91.4 Å². The molecule has 0 radical (unpaired) electrons. The minimum absolute atomic E-state index is 0.00717. The number of nitrogens with one attached hydrogen (secondary N) is 1. The molecule has 8 heteroatoms. The number of hydrogen-bond donors (Lipinski definition) is 1. The molecule has 0 bridgehead atoms. The van der Waals surface area contributed by atoms with Crippen LogP contribution in [0.25, 0.3) is 0 Å². The lowest BCUT2D eigenvalue weighted by atomic mass is 9.80. The van der Waals surface area contributed by atoms with Crippen molar-refractivity contribution < 1.29 is 14.3 Å².